The van der Waals surface area contributed by atoms with Gasteiger partial charge in [-0.2, -0.15) is 0 Å². The fourth-order valence-corrected chi connectivity index (χ4v) is 4.93. The van der Waals surface area contributed by atoms with Crippen molar-refractivity contribution in [3.05, 3.63) is 64.6 Å². The van der Waals surface area contributed by atoms with Gasteiger partial charge in [0.1, 0.15) is 11.9 Å². The van der Waals surface area contributed by atoms with Crippen LogP contribution in [0.1, 0.15) is 34.2 Å². The van der Waals surface area contributed by atoms with Gasteiger partial charge in [0.15, 0.2) is 0 Å². The number of hydrogen-bond acceptors (Lipinski definition) is 3. The molecule has 2 aromatic heterocycles. The highest BCUT2D eigenvalue weighted by atomic mass is 127. The van der Waals surface area contributed by atoms with E-state index in [0.29, 0.717) is 5.82 Å². The summed E-state index contributed by atoms with van der Waals surface area (Å²) in [5.74, 6) is 0.587. The third kappa shape index (κ3) is 2.76. The summed E-state index contributed by atoms with van der Waals surface area (Å²) in [5.41, 5.74) is 7.34. The molecule has 25 heavy (non-hydrogen) atoms. The van der Waals surface area contributed by atoms with E-state index >= 15 is 0 Å². The first-order chi connectivity index (χ1) is 12.0. The third-order valence-corrected chi connectivity index (χ3v) is 6.36. The second-order valence-corrected chi connectivity index (χ2v) is 8.16. The minimum Gasteiger partial charge on any atom is -0.380 e. The van der Waals surface area contributed by atoms with Crippen LogP contribution in [-0.4, -0.2) is 19.0 Å². The molecule has 0 aliphatic heterocycles. The lowest BCUT2D eigenvalue weighted by atomic mass is 9.96. The number of imidazole rings is 1. The summed E-state index contributed by atoms with van der Waals surface area (Å²) < 4.78 is 2.13. The van der Waals surface area contributed by atoms with Crippen molar-refractivity contribution in [2.75, 3.05) is 0 Å². The van der Waals surface area contributed by atoms with Crippen molar-refractivity contribution >= 4 is 52.3 Å². The predicted molar refractivity (Wildman–Crippen MR) is 113 cm³/mol. The highest BCUT2D eigenvalue weighted by Gasteiger charge is 2.22. The first-order valence-corrected chi connectivity index (χ1v) is 11.4. The average molecular weight is 463 g/mol. The van der Waals surface area contributed by atoms with Gasteiger partial charge in [-0.3, -0.25) is 3.97 Å². The summed E-state index contributed by atoms with van der Waals surface area (Å²) in [6, 6.07) is 10.3. The first-order valence-electron chi connectivity index (χ1n) is 8.04. The molecule has 4 nitrogen and oxygen atoms in total. The van der Waals surface area contributed by atoms with Crippen LogP contribution >= 0.6 is 30.3 Å². The number of rotatable bonds is 3. The molecule has 0 radical (unpaired) electrons. The quantitative estimate of drug-likeness (QED) is 0.402. The predicted octanol–water partition coefficient (Wildman–Crippen LogP) is 5.37. The summed E-state index contributed by atoms with van der Waals surface area (Å²) in [6.45, 7) is 6.21. The molecule has 0 bridgehead atoms. The number of aromatic nitrogens is 3. The van der Waals surface area contributed by atoms with Crippen LogP contribution in [0.4, 0.5) is 0 Å². The molecule has 0 saturated heterocycles. The van der Waals surface area contributed by atoms with Gasteiger partial charge in [-0.05, 0) is 55.7 Å². The van der Waals surface area contributed by atoms with Crippen LogP contribution in [0.5, 0.6) is 0 Å². The molecule has 0 spiro atoms. The van der Waals surface area contributed by atoms with Gasteiger partial charge in [0.05, 0.1) is 16.6 Å². The Bertz CT molecular complexity index is 1100. The van der Waals surface area contributed by atoms with E-state index in [-0.39, 0.29) is 0 Å². The largest absolute Gasteiger partial charge is 0.380 e. The summed E-state index contributed by atoms with van der Waals surface area (Å²) in [4.78, 5) is 7.90. The van der Waals surface area contributed by atoms with E-state index in [1.54, 1.807) is 9.12 Å². The number of aliphatic hydroxyl groups is 1. The molecular formula is C19H18IN3OS. The highest BCUT2D eigenvalue weighted by Crippen LogP contribution is 2.36. The van der Waals surface area contributed by atoms with Crippen molar-refractivity contribution in [2.45, 2.75) is 26.9 Å². The van der Waals surface area contributed by atoms with Crippen molar-refractivity contribution in [1.82, 2.24) is 13.9 Å². The monoisotopic (exact) mass is 463 g/mol. The van der Waals surface area contributed by atoms with Gasteiger partial charge in [-0.15, -0.1) is 0 Å². The van der Waals surface area contributed by atoms with E-state index in [1.165, 1.54) is 11.1 Å². The number of aromatic amines is 1. The number of aliphatic hydroxyl groups excluding tert-OH is 1. The van der Waals surface area contributed by atoms with Crippen LogP contribution in [0.2, 0.25) is 0 Å². The lowest BCUT2D eigenvalue weighted by molar-refractivity contribution is 0.212. The number of benzene rings is 2. The fraction of sp³-hybridized carbons (Fsp3) is 0.211. The van der Waals surface area contributed by atoms with E-state index in [9.17, 15) is 5.11 Å². The fourth-order valence-electron chi connectivity index (χ4n) is 3.53. The Balaban J connectivity index is 1.91. The Morgan fingerprint density at radius 2 is 1.96 bits per heavy atom. The molecule has 0 saturated carbocycles. The Hall–Kier alpha value is -1.51. The molecule has 2 aromatic carbocycles. The van der Waals surface area contributed by atoms with Crippen LogP contribution in [0.3, 0.4) is 0 Å². The SMILES string of the molecule is Cc1ccc2nc(C(O)c3c(C)cc(C)c4c3ccn4SI)[nH]c2c1. The summed E-state index contributed by atoms with van der Waals surface area (Å²) in [7, 11) is 1.63. The minimum atomic E-state index is -0.786. The Labute approximate surface area is 162 Å². The zero-order valence-corrected chi connectivity index (χ0v) is 17.1. The number of hydrogen-bond donors (Lipinski definition) is 2. The maximum Gasteiger partial charge on any atom is 0.140 e. The molecule has 0 aliphatic carbocycles. The minimum absolute atomic E-state index is 0.587. The van der Waals surface area contributed by atoms with Gasteiger partial charge in [0.25, 0.3) is 0 Å². The van der Waals surface area contributed by atoms with Crippen molar-refractivity contribution in [2.24, 2.45) is 0 Å². The van der Waals surface area contributed by atoms with Gasteiger partial charge in [-0.1, -0.05) is 12.1 Å². The molecule has 2 N–H and O–H groups in total. The van der Waals surface area contributed by atoms with E-state index in [0.717, 1.165) is 33.1 Å². The van der Waals surface area contributed by atoms with Crippen molar-refractivity contribution in [1.29, 1.82) is 0 Å². The van der Waals surface area contributed by atoms with E-state index in [2.05, 4.69) is 67.2 Å². The third-order valence-electron chi connectivity index (χ3n) is 4.64. The first kappa shape index (κ1) is 16.9. The molecule has 0 aliphatic rings. The summed E-state index contributed by atoms with van der Waals surface area (Å²) in [6.07, 6.45) is 1.26. The number of aryl methyl sites for hydroxylation is 3. The molecule has 1 unspecified atom stereocenters. The van der Waals surface area contributed by atoms with Crippen molar-refractivity contribution < 1.29 is 5.11 Å². The van der Waals surface area contributed by atoms with Crippen LogP contribution in [-0.2, 0) is 0 Å². The maximum absolute atomic E-state index is 11.1. The van der Waals surface area contributed by atoms with Gasteiger partial charge < -0.3 is 10.1 Å². The molecule has 128 valence electrons. The lowest BCUT2D eigenvalue weighted by Crippen LogP contribution is -2.05. The highest BCUT2D eigenvalue weighted by molar-refractivity contribution is 14.2. The van der Waals surface area contributed by atoms with Crippen LogP contribution < -0.4 is 0 Å². The zero-order chi connectivity index (χ0) is 17.7. The smallest absolute Gasteiger partial charge is 0.140 e. The number of halogens is 1. The topological polar surface area (TPSA) is 53.8 Å². The van der Waals surface area contributed by atoms with Gasteiger partial charge in [-0.25, -0.2) is 4.98 Å². The Morgan fingerprint density at radius 3 is 2.72 bits per heavy atom. The number of nitrogens with zero attached hydrogens (tertiary/aromatic N) is 2. The Kier molecular flexibility index (Phi) is 4.29. The molecule has 4 aromatic rings. The van der Waals surface area contributed by atoms with Gasteiger partial charge in [0, 0.05) is 47.5 Å². The van der Waals surface area contributed by atoms with E-state index in [4.69, 9.17) is 0 Å². The average Bonchev–Trinajstić information content (AvgIpc) is 3.18. The van der Waals surface area contributed by atoms with E-state index in [1.807, 2.05) is 25.3 Å². The summed E-state index contributed by atoms with van der Waals surface area (Å²) >= 11 is 2.27. The summed E-state index contributed by atoms with van der Waals surface area (Å²) in [5, 5.41) is 12.2. The van der Waals surface area contributed by atoms with Crippen LogP contribution in [0.15, 0.2) is 36.5 Å². The molecule has 0 amide bonds. The molecular weight excluding hydrogens is 445 g/mol. The molecule has 0 fully saturated rings. The van der Waals surface area contributed by atoms with Gasteiger partial charge in [0.2, 0.25) is 0 Å². The number of fused-ring (bicyclic) bond motifs is 2. The lowest BCUT2D eigenvalue weighted by Gasteiger charge is -2.15. The molecule has 4 rings (SSSR count). The van der Waals surface area contributed by atoms with Crippen LogP contribution in [0, 0.1) is 20.8 Å². The van der Waals surface area contributed by atoms with Crippen LogP contribution in [0.25, 0.3) is 21.9 Å². The maximum atomic E-state index is 11.1. The van der Waals surface area contributed by atoms with Crippen molar-refractivity contribution in [3.63, 3.8) is 0 Å². The second kappa shape index (κ2) is 6.34. The van der Waals surface area contributed by atoms with Gasteiger partial charge >= 0.3 is 0 Å². The number of H-pyrrole nitrogens is 1. The van der Waals surface area contributed by atoms with Crippen molar-refractivity contribution in [3.8, 4) is 0 Å². The normalized spacial score (nSPS) is 13.0. The second-order valence-electron chi connectivity index (χ2n) is 6.44. The number of nitrogens with one attached hydrogen (secondary N) is 1. The molecule has 6 heteroatoms. The molecule has 2 heterocycles. The standard InChI is InChI=1S/C19H18IN3OS/c1-10-4-5-14-15(8-10)22-19(21-14)18(24)16-11(2)9-12(3)17-13(16)6-7-23(17)25-20/h4-9,18,24H,1-3H3,(H,21,22). The Morgan fingerprint density at radius 1 is 1.16 bits per heavy atom. The zero-order valence-electron chi connectivity index (χ0n) is 14.2. The van der Waals surface area contributed by atoms with E-state index < -0.39 is 6.10 Å². The molecule has 1 atom stereocenters.